The third kappa shape index (κ3) is 2.09. The molecule has 2 unspecified atom stereocenters. The second-order valence-corrected chi connectivity index (χ2v) is 4.81. The Morgan fingerprint density at radius 1 is 1.32 bits per heavy atom. The zero-order valence-corrected chi connectivity index (χ0v) is 11.0. The number of piperazine rings is 1. The van der Waals surface area contributed by atoms with Gasteiger partial charge in [-0.25, -0.2) is 4.39 Å². The van der Waals surface area contributed by atoms with Crippen LogP contribution in [0.5, 0.6) is 0 Å². The van der Waals surface area contributed by atoms with Crippen LogP contribution >= 0.6 is 0 Å². The molecule has 1 aliphatic rings. The van der Waals surface area contributed by atoms with E-state index in [1.807, 2.05) is 6.07 Å². The highest BCUT2D eigenvalue weighted by Crippen LogP contribution is 2.32. The Balaban J connectivity index is 2.49. The summed E-state index contributed by atoms with van der Waals surface area (Å²) in [5.74, 6) is -0.539. The molecule has 1 aliphatic heterocycles. The molecular weight excluding hydrogens is 247 g/mol. The average molecular weight is 264 g/mol. The van der Waals surface area contributed by atoms with Gasteiger partial charge in [0.2, 0.25) is 5.91 Å². The van der Waals surface area contributed by atoms with Crippen LogP contribution in [0.1, 0.15) is 19.4 Å². The van der Waals surface area contributed by atoms with E-state index in [2.05, 4.69) is 5.32 Å². The predicted molar refractivity (Wildman–Crippen MR) is 69.1 cm³/mol. The number of carbonyl (C=O) groups excluding carboxylic acids is 2. The molecule has 0 aromatic heterocycles. The predicted octanol–water partition coefficient (Wildman–Crippen LogP) is 1.22. The Labute approximate surface area is 111 Å². The Morgan fingerprint density at radius 2 is 1.95 bits per heavy atom. The summed E-state index contributed by atoms with van der Waals surface area (Å²) in [6.45, 7) is 2.50. The molecule has 0 bridgehead atoms. The van der Waals surface area contributed by atoms with Gasteiger partial charge in [0, 0.05) is 0 Å². The van der Waals surface area contributed by atoms with Crippen molar-refractivity contribution in [3.8, 4) is 0 Å². The van der Waals surface area contributed by atoms with Crippen molar-refractivity contribution in [3.63, 3.8) is 0 Å². The lowest BCUT2D eigenvalue weighted by molar-refractivity contribution is -0.157. The fourth-order valence-electron chi connectivity index (χ4n) is 2.44. The number of nitrogens with one attached hydrogen (secondary N) is 1. The van der Waals surface area contributed by atoms with E-state index >= 15 is 0 Å². The normalized spacial score (nSPS) is 27.3. The van der Waals surface area contributed by atoms with Crippen LogP contribution in [0.15, 0.2) is 30.3 Å². The van der Waals surface area contributed by atoms with Crippen LogP contribution in [0.2, 0.25) is 0 Å². The zero-order chi connectivity index (χ0) is 14.0. The molecule has 2 atom stereocenters. The van der Waals surface area contributed by atoms with Gasteiger partial charge in [0.1, 0.15) is 18.3 Å². The van der Waals surface area contributed by atoms with Gasteiger partial charge in [-0.05, 0) is 19.4 Å². The molecule has 1 aromatic rings. The van der Waals surface area contributed by atoms with Crippen LogP contribution in [-0.4, -0.2) is 36.0 Å². The molecule has 1 N–H and O–H groups in total. The lowest BCUT2D eigenvalue weighted by atomic mass is 9.86. The number of rotatable bonds is 3. The van der Waals surface area contributed by atoms with E-state index in [-0.39, 0.29) is 18.4 Å². The van der Waals surface area contributed by atoms with E-state index in [4.69, 9.17) is 0 Å². The minimum atomic E-state index is -1.16. The van der Waals surface area contributed by atoms with Gasteiger partial charge in [0.25, 0.3) is 5.91 Å². The van der Waals surface area contributed by atoms with Gasteiger partial charge in [-0.15, -0.1) is 0 Å². The molecule has 0 aliphatic carbocycles. The van der Waals surface area contributed by atoms with Crippen molar-refractivity contribution >= 4 is 11.8 Å². The summed E-state index contributed by atoms with van der Waals surface area (Å²) in [5, 5.41) is 2.65. The van der Waals surface area contributed by atoms with Crippen molar-refractivity contribution in [3.05, 3.63) is 35.9 Å². The number of hydrogen-bond donors (Lipinski definition) is 1. The van der Waals surface area contributed by atoms with Gasteiger partial charge < -0.3 is 10.2 Å². The first-order chi connectivity index (χ1) is 9.01. The molecule has 5 heteroatoms. The quantitative estimate of drug-likeness (QED) is 0.892. The van der Waals surface area contributed by atoms with Crippen LogP contribution in [-0.2, 0) is 15.1 Å². The standard InChI is InChI=1S/C14H17FN2O2/c1-10-12(18)17(9-8-15)14(2,13(19)16-10)11-6-4-3-5-7-11/h3-7,10H,8-9H2,1-2H3,(H,16,19). The van der Waals surface area contributed by atoms with Crippen molar-refractivity contribution in [2.45, 2.75) is 25.4 Å². The van der Waals surface area contributed by atoms with Crippen LogP contribution in [0, 0.1) is 0 Å². The van der Waals surface area contributed by atoms with Gasteiger partial charge in [0.15, 0.2) is 0 Å². The number of hydrogen-bond acceptors (Lipinski definition) is 2. The first kappa shape index (κ1) is 13.5. The third-order valence-corrected chi connectivity index (χ3v) is 3.61. The molecule has 1 aromatic carbocycles. The maximum atomic E-state index is 12.7. The molecular formula is C14H17FN2O2. The summed E-state index contributed by atoms with van der Waals surface area (Å²) in [7, 11) is 0. The average Bonchev–Trinajstić information content (AvgIpc) is 2.42. The van der Waals surface area contributed by atoms with Crippen LogP contribution in [0.4, 0.5) is 4.39 Å². The highest BCUT2D eigenvalue weighted by molar-refractivity contribution is 6.00. The SMILES string of the molecule is CC1NC(=O)C(C)(c2ccccc2)N(CCF)C1=O. The van der Waals surface area contributed by atoms with E-state index in [1.54, 1.807) is 38.1 Å². The Morgan fingerprint density at radius 3 is 2.53 bits per heavy atom. The molecule has 2 rings (SSSR count). The first-order valence-corrected chi connectivity index (χ1v) is 6.25. The van der Waals surface area contributed by atoms with Gasteiger partial charge in [-0.2, -0.15) is 0 Å². The highest BCUT2D eigenvalue weighted by Gasteiger charge is 2.49. The van der Waals surface area contributed by atoms with Crippen molar-refractivity contribution in [2.24, 2.45) is 0 Å². The molecule has 4 nitrogen and oxygen atoms in total. The van der Waals surface area contributed by atoms with Crippen LogP contribution < -0.4 is 5.32 Å². The first-order valence-electron chi connectivity index (χ1n) is 6.25. The third-order valence-electron chi connectivity index (χ3n) is 3.61. The Hall–Kier alpha value is -1.91. The Kier molecular flexibility index (Phi) is 3.55. The van der Waals surface area contributed by atoms with Crippen molar-refractivity contribution < 1.29 is 14.0 Å². The monoisotopic (exact) mass is 264 g/mol. The van der Waals surface area contributed by atoms with Crippen LogP contribution in [0.25, 0.3) is 0 Å². The molecule has 19 heavy (non-hydrogen) atoms. The van der Waals surface area contributed by atoms with Crippen molar-refractivity contribution in [1.29, 1.82) is 0 Å². The number of amides is 2. The van der Waals surface area contributed by atoms with E-state index in [0.717, 1.165) is 0 Å². The summed E-state index contributed by atoms with van der Waals surface area (Å²) in [6, 6.07) is 8.35. The lowest BCUT2D eigenvalue weighted by Crippen LogP contribution is -2.67. The number of benzene rings is 1. The molecule has 1 saturated heterocycles. The Bertz CT molecular complexity index is 491. The molecule has 1 heterocycles. The molecule has 0 saturated carbocycles. The summed E-state index contributed by atoms with van der Waals surface area (Å²) in [4.78, 5) is 25.8. The highest BCUT2D eigenvalue weighted by atomic mass is 19.1. The fraction of sp³-hybridized carbons (Fsp3) is 0.429. The van der Waals surface area contributed by atoms with E-state index < -0.39 is 18.3 Å². The molecule has 102 valence electrons. The summed E-state index contributed by atoms with van der Waals surface area (Å²) in [5.41, 5.74) is -0.474. The van der Waals surface area contributed by atoms with Crippen molar-refractivity contribution in [1.82, 2.24) is 10.2 Å². The van der Waals surface area contributed by atoms with Gasteiger partial charge in [-0.3, -0.25) is 9.59 Å². The zero-order valence-electron chi connectivity index (χ0n) is 11.0. The molecule has 2 amide bonds. The molecule has 0 radical (unpaired) electrons. The van der Waals surface area contributed by atoms with Gasteiger partial charge in [0.05, 0.1) is 6.54 Å². The number of nitrogens with zero attached hydrogens (tertiary/aromatic N) is 1. The van der Waals surface area contributed by atoms with Crippen molar-refractivity contribution in [2.75, 3.05) is 13.2 Å². The second kappa shape index (κ2) is 4.99. The maximum Gasteiger partial charge on any atom is 0.250 e. The lowest BCUT2D eigenvalue weighted by Gasteiger charge is -2.45. The summed E-state index contributed by atoms with van der Waals surface area (Å²) < 4.78 is 12.7. The molecule has 0 spiro atoms. The maximum absolute atomic E-state index is 12.7. The minimum absolute atomic E-state index is 0.0814. The topological polar surface area (TPSA) is 49.4 Å². The van der Waals surface area contributed by atoms with E-state index in [0.29, 0.717) is 5.56 Å². The summed E-state index contributed by atoms with van der Waals surface area (Å²) >= 11 is 0. The van der Waals surface area contributed by atoms with E-state index in [1.165, 1.54) is 4.90 Å². The number of alkyl halides is 1. The number of carbonyl (C=O) groups is 2. The summed E-state index contributed by atoms with van der Waals surface area (Å²) in [6.07, 6.45) is 0. The van der Waals surface area contributed by atoms with E-state index in [9.17, 15) is 14.0 Å². The minimum Gasteiger partial charge on any atom is -0.342 e. The largest absolute Gasteiger partial charge is 0.342 e. The van der Waals surface area contributed by atoms with Gasteiger partial charge >= 0.3 is 0 Å². The van der Waals surface area contributed by atoms with Gasteiger partial charge in [-0.1, -0.05) is 30.3 Å². The fourth-order valence-corrected chi connectivity index (χ4v) is 2.44. The van der Waals surface area contributed by atoms with Crippen LogP contribution in [0.3, 0.4) is 0 Å². The number of halogens is 1. The second-order valence-electron chi connectivity index (χ2n) is 4.81. The smallest absolute Gasteiger partial charge is 0.250 e. The molecule has 1 fully saturated rings.